The molecule has 11 heteroatoms. The van der Waals surface area contributed by atoms with E-state index in [2.05, 4.69) is 20.6 Å². The van der Waals surface area contributed by atoms with Crippen LogP contribution in [0.2, 0.25) is 0 Å². The molecule has 32 heavy (non-hydrogen) atoms. The number of carbonyl (C=O) groups excluding carboxylic acids is 1. The second-order valence-corrected chi connectivity index (χ2v) is 7.65. The van der Waals surface area contributed by atoms with Gasteiger partial charge in [0.2, 0.25) is 5.82 Å². The van der Waals surface area contributed by atoms with Gasteiger partial charge in [-0.1, -0.05) is 30.8 Å². The maximum Gasteiger partial charge on any atom is 0.352 e. The van der Waals surface area contributed by atoms with Crippen molar-refractivity contribution in [3.05, 3.63) is 56.8 Å². The van der Waals surface area contributed by atoms with Crippen LogP contribution in [0.25, 0.3) is 17.2 Å². The summed E-state index contributed by atoms with van der Waals surface area (Å²) in [4.78, 5) is 42.1. The second-order valence-electron chi connectivity index (χ2n) is 7.65. The molecule has 0 aliphatic heterocycles. The molecule has 2 heterocycles. The minimum atomic E-state index is -0.715. The first-order valence-electron chi connectivity index (χ1n) is 10.6. The average molecular weight is 442 g/mol. The van der Waals surface area contributed by atoms with Crippen LogP contribution in [0.3, 0.4) is 0 Å². The number of amides is 1. The third kappa shape index (κ3) is 4.36. The predicted octanol–water partition coefficient (Wildman–Crippen LogP) is 2.06. The van der Waals surface area contributed by atoms with Crippen LogP contribution in [0.1, 0.15) is 56.1 Å². The summed E-state index contributed by atoms with van der Waals surface area (Å²) in [5, 5.41) is 10.7. The van der Waals surface area contributed by atoms with E-state index in [0.29, 0.717) is 0 Å². The summed E-state index contributed by atoms with van der Waals surface area (Å²) in [5.74, 6) is -1.49. The third-order valence-electron chi connectivity index (χ3n) is 5.47. The molecule has 0 atom stereocenters. The van der Waals surface area contributed by atoms with Gasteiger partial charge in [0.1, 0.15) is 5.82 Å². The molecule has 0 bridgehead atoms. The van der Waals surface area contributed by atoms with Crippen LogP contribution >= 0.6 is 0 Å². The van der Waals surface area contributed by atoms with Crippen molar-refractivity contribution >= 4 is 5.91 Å². The van der Waals surface area contributed by atoms with E-state index in [0.717, 1.165) is 47.8 Å². The lowest BCUT2D eigenvalue weighted by atomic mass is 10.1. The Morgan fingerprint density at radius 2 is 1.84 bits per heavy atom. The fourth-order valence-corrected chi connectivity index (χ4v) is 3.77. The summed E-state index contributed by atoms with van der Waals surface area (Å²) in [6, 6.07) is 5.11. The fraction of sp³-hybridized carbons (Fsp3) is 0.429. The molecule has 4 rings (SSSR count). The minimum Gasteiger partial charge on any atom is -0.345 e. The highest BCUT2D eigenvalue weighted by molar-refractivity contribution is 5.90. The normalized spacial score (nSPS) is 14.8. The number of hydrogen-bond acceptors (Lipinski definition) is 7. The SMILES string of the molecule is CCn1c(=O)c(-c2noc(C(=O)NC3CCCCCC3)n2)nn(-c2ccc(F)cc2)c1=O. The first kappa shape index (κ1) is 21.6. The van der Waals surface area contributed by atoms with E-state index in [9.17, 15) is 18.8 Å². The summed E-state index contributed by atoms with van der Waals surface area (Å²) in [5.41, 5.74) is -1.40. The van der Waals surface area contributed by atoms with Gasteiger partial charge in [0.25, 0.3) is 5.56 Å². The Hall–Kier alpha value is -3.63. The molecular formula is C21H23FN6O4. The molecule has 1 aromatic carbocycles. The molecule has 1 N–H and O–H groups in total. The topological polar surface area (TPSA) is 125 Å². The molecule has 1 amide bonds. The summed E-state index contributed by atoms with van der Waals surface area (Å²) in [7, 11) is 0. The highest BCUT2D eigenvalue weighted by Gasteiger charge is 2.24. The summed E-state index contributed by atoms with van der Waals surface area (Å²) in [6.07, 6.45) is 6.17. The van der Waals surface area contributed by atoms with Crippen LogP contribution in [-0.2, 0) is 6.54 Å². The lowest BCUT2D eigenvalue weighted by Crippen LogP contribution is -2.41. The first-order chi connectivity index (χ1) is 15.5. The number of aromatic nitrogens is 5. The van der Waals surface area contributed by atoms with Crippen LogP contribution in [0, 0.1) is 5.82 Å². The fourth-order valence-electron chi connectivity index (χ4n) is 3.77. The smallest absolute Gasteiger partial charge is 0.345 e. The average Bonchev–Trinajstić information content (AvgIpc) is 3.13. The van der Waals surface area contributed by atoms with Crippen LogP contribution < -0.4 is 16.6 Å². The molecule has 0 radical (unpaired) electrons. The van der Waals surface area contributed by atoms with Crippen molar-refractivity contribution in [2.75, 3.05) is 0 Å². The van der Waals surface area contributed by atoms with Crippen molar-refractivity contribution in [2.24, 2.45) is 0 Å². The molecule has 10 nitrogen and oxygen atoms in total. The van der Waals surface area contributed by atoms with Crippen LogP contribution in [-0.4, -0.2) is 36.4 Å². The Labute approximate surface area is 182 Å². The molecule has 1 fully saturated rings. The van der Waals surface area contributed by atoms with Crippen molar-refractivity contribution in [3.8, 4) is 17.2 Å². The zero-order valence-electron chi connectivity index (χ0n) is 17.6. The number of hydrogen-bond donors (Lipinski definition) is 1. The Bertz CT molecular complexity index is 1220. The Morgan fingerprint density at radius 1 is 1.16 bits per heavy atom. The maximum absolute atomic E-state index is 13.3. The number of carbonyl (C=O) groups is 1. The standard InChI is InChI=1S/C21H23FN6O4/c1-2-27-20(30)16(25-28(21(27)31)15-11-9-13(22)10-12-15)17-24-19(32-26-17)18(29)23-14-7-5-3-4-6-8-14/h9-12,14H,2-8H2,1H3,(H,23,29). The molecule has 1 aliphatic rings. The van der Waals surface area contributed by atoms with E-state index in [-0.39, 0.29) is 35.7 Å². The second kappa shape index (κ2) is 9.25. The molecule has 0 saturated heterocycles. The van der Waals surface area contributed by atoms with Crippen molar-refractivity contribution in [2.45, 2.75) is 58.0 Å². The zero-order chi connectivity index (χ0) is 22.7. The van der Waals surface area contributed by atoms with Crippen molar-refractivity contribution in [1.82, 2.24) is 29.8 Å². The van der Waals surface area contributed by atoms with Gasteiger partial charge in [-0.3, -0.25) is 14.2 Å². The number of rotatable bonds is 5. The predicted molar refractivity (Wildman–Crippen MR) is 112 cm³/mol. The van der Waals surface area contributed by atoms with Crippen LogP contribution in [0.5, 0.6) is 0 Å². The zero-order valence-corrected chi connectivity index (χ0v) is 17.6. The van der Waals surface area contributed by atoms with Crippen LogP contribution in [0.15, 0.2) is 38.4 Å². The lowest BCUT2D eigenvalue weighted by Gasteiger charge is -2.14. The van der Waals surface area contributed by atoms with Gasteiger partial charge < -0.3 is 9.84 Å². The number of nitrogens with zero attached hydrogens (tertiary/aromatic N) is 5. The van der Waals surface area contributed by atoms with Gasteiger partial charge in [-0.25, -0.2) is 9.18 Å². The third-order valence-corrected chi connectivity index (χ3v) is 5.47. The molecule has 2 aromatic heterocycles. The molecule has 1 saturated carbocycles. The van der Waals surface area contributed by atoms with Crippen molar-refractivity contribution in [3.63, 3.8) is 0 Å². The molecular weight excluding hydrogens is 419 g/mol. The van der Waals surface area contributed by atoms with Gasteiger partial charge >= 0.3 is 17.5 Å². The summed E-state index contributed by atoms with van der Waals surface area (Å²) in [6.45, 7) is 1.70. The Morgan fingerprint density at radius 3 is 2.50 bits per heavy atom. The molecule has 168 valence electrons. The first-order valence-corrected chi connectivity index (χ1v) is 10.6. The molecule has 0 spiro atoms. The van der Waals surface area contributed by atoms with E-state index in [1.165, 1.54) is 24.3 Å². The van der Waals surface area contributed by atoms with Crippen LogP contribution in [0.4, 0.5) is 4.39 Å². The van der Waals surface area contributed by atoms with Gasteiger partial charge in [0, 0.05) is 12.6 Å². The van der Waals surface area contributed by atoms with E-state index in [1.807, 2.05) is 0 Å². The monoisotopic (exact) mass is 442 g/mol. The highest BCUT2D eigenvalue weighted by atomic mass is 19.1. The molecule has 3 aromatic rings. The number of halogens is 1. The van der Waals surface area contributed by atoms with Gasteiger partial charge in [-0.15, -0.1) is 0 Å². The maximum atomic E-state index is 13.3. The van der Waals surface area contributed by atoms with E-state index >= 15 is 0 Å². The lowest BCUT2D eigenvalue weighted by molar-refractivity contribution is 0.0889. The Balaban J connectivity index is 1.68. The van der Waals surface area contributed by atoms with E-state index < -0.39 is 23.0 Å². The van der Waals surface area contributed by atoms with E-state index in [1.54, 1.807) is 6.92 Å². The van der Waals surface area contributed by atoms with Gasteiger partial charge in [-0.2, -0.15) is 14.8 Å². The van der Waals surface area contributed by atoms with Gasteiger partial charge in [0.05, 0.1) is 5.69 Å². The van der Waals surface area contributed by atoms with Gasteiger partial charge in [-0.05, 0) is 44.0 Å². The van der Waals surface area contributed by atoms with E-state index in [4.69, 9.17) is 4.52 Å². The highest BCUT2D eigenvalue weighted by Crippen LogP contribution is 2.18. The van der Waals surface area contributed by atoms with Gasteiger partial charge in [0.15, 0.2) is 5.69 Å². The largest absolute Gasteiger partial charge is 0.352 e. The Kier molecular flexibility index (Phi) is 6.24. The summed E-state index contributed by atoms with van der Waals surface area (Å²) >= 11 is 0. The number of nitrogens with one attached hydrogen (secondary N) is 1. The molecule has 0 unspecified atom stereocenters. The molecule has 1 aliphatic carbocycles. The van der Waals surface area contributed by atoms with Crippen molar-refractivity contribution in [1.29, 1.82) is 0 Å². The quantitative estimate of drug-likeness (QED) is 0.600. The summed E-state index contributed by atoms with van der Waals surface area (Å²) < 4.78 is 20.3. The number of benzene rings is 1. The minimum absolute atomic E-state index is 0.0381. The van der Waals surface area contributed by atoms with Crippen molar-refractivity contribution < 1.29 is 13.7 Å².